The smallest absolute Gasteiger partial charge is 0.268 e. The molecule has 0 aliphatic heterocycles. The van der Waals surface area contributed by atoms with Crippen LogP contribution in [0.25, 0.3) is 0 Å². The maximum Gasteiger partial charge on any atom is 0.268 e. The molecule has 0 spiro atoms. The van der Waals surface area contributed by atoms with Gasteiger partial charge in [-0.05, 0) is 24.6 Å². The first-order chi connectivity index (χ1) is 8.58. The molecule has 0 bridgehead atoms. The molecule has 3 N–H and O–H groups in total. The van der Waals surface area contributed by atoms with Gasteiger partial charge in [-0.1, -0.05) is 6.07 Å². The van der Waals surface area contributed by atoms with E-state index < -0.39 is 0 Å². The number of nitrogens with two attached hydrogens (primary N) is 1. The molecule has 0 fully saturated rings. The zero-order valence-electron chi connectivity index (χ0n) is 10.4. The van der Waals surface area contributed by atoms with E-state index in [2.05, 4.69) is 10.3 Å². The van der Waals surface area contributed by atoms with Crippen LogP contribution in [-0.4, -0.2) is 15.5 Å². The van der Waals surface area contributed by atoms with E-state index in [-0.39, 0.29) is 11.9 Å². The number of nitrogen functional groups attached to an aromatic ring is 1. The lowest BCUT2D eigenvalue weighted by Gasteiger charge is -2.14. The van der Waals surface area contributed by atoms with Gasteiger partial charge in [0, 0.05) is 25.6 Å². The Morgan fingerprint density at radius 3 is 2.89 bits per heavy atom. The van der Waals surface area contributed by atoms with Crippen LogP contribution in [-0.2, 0) is 7.05 Å². The van der Waals surface area contributed by atoms with Gasteiger partial charge in [0.05, 0.1) is 11.7 Å². The predicted molar refractivity (Wildman–Crippen MR) is 69.9 cm³/mol. The summed E-state index contributed by atoms with van der Waals surface area (Å²) in [4.78, 5) is 16.1. The number of rotatable bonds is 3. The number of amides is 1. The minimum absolute atomic E-state index is 0.0951. The molecule has 5 nitrogen and oxygen atoms in total. The fraction of sp³-hybridized carbons (Fsp3) is 0.231. The summed E-state index contributed by atoms with van der Waals surface area (Å²) in [5.41, 5.74) is 7.74. The molecular formula is C13H16N4O. The number of carbonyl (C=O) groups excluding carboxylic acids is 1. The van der Waals surface area contributed by atoms with Crippen LogP contribution in [0.1, 0.15) is 29.0 Å². The number of nitrogens with zero attached hydrogens (tertiary/aromatic N) is 2. The topological polar surface area (TPSA) is 72.9 Å². The Hall–Kier alpha value is -2.30. The summed E-state index contributed by atoms with van der Waals surface area (Å²) in [5.74, 6) is -0.148. The van der Waals surface area contributed by atoms with Gasteiger partial charge >= 0.3 is 0 Å². The molecule has 2 rings (SSSR count). The third-order valence-electron chi connectivity index (χ3n) is 2.79. The summed E-state index contributed by atoms with van der Waals surface area (Å²) in [6.45, 7) is 1.92. The summed E-state index contributed by atoms with van der Waals surface area (Å²) in [7, 11) is 1.79. The van der Waals surface area contributed by atoms with Crippen LogP contribution in [0.4, 0.5) is 5.69 Å². The van der Waals surface area contributed by atoms with Gasteiger partial charge in [0.1, 0.15) is 5.69 Å². The molecule has 1 unspecified atom stereocenters. The number of aryl methyl sites for hydroxylation is 1. The van der Waals surface area contributed by atoms with E-state index in [4.69, 9.17) is 5.73 Å². The van der Waals surface area contributed by atoms with E-state index in [1.807, 2.05) is 19.1 Å². The molecule has 0 aromatic carbocycles. The average molecular weight is 244 g/mol. The van der Waals surface area contributed by atoms with Crippen molar-refractivity contribution < 1.29 is 4.79 Å². The Bertz CT molecular complexity index is 547. The van der Waals surface area contributed by atoms with Gasteiger partial charge in [0.2, 0.25) is 0 Å². The summed E-state index contributed by atoms with van der Waals surface area (Å²) in [6, 6.07) is 5.34. The summed E-state index contributed by atoms with van der Waals surface area (Å²) in [5, 5.41) is 2.91. The lowest BCUT2D eigenvalue weighted by atomic mass is 10.1. The van der Waals surface area contributed by atoms with E-state index in [0.717, 1.165) is 5.56 Å². The lowest BCUT2D eigenvalue weighted by molar-refractivity contribution is 0.0931. The van der Waals surface area contributed by atoms with Crippen molar-refractivity contribution in [1.29, 1.82) is 0 Å². The van der Waals surface area contributed by atoms with E-state index in [9.17, 15) is 4.79 Å². The third kappa shape index (κ3) is 2.51. The van der Waals surface area contributed by atoms with Crippen molar-refractivity contribution in [2.45, 2.75) is 13.0 Å². The molecule has 0 aliphatic carbocycles. The molecule has 0 radical (unpaired) electrons. The summed E-state index contributed by atoms with van der Waals surface area (Å²) in [6.07, 6.45) is 5.16. The highest BCUT2D eigenvalue weighted by atomic mass is 16.2. The maximum atomic E-state index is 12.1. The van der Waals surface area contributed by atoms with Crippen LogP contribution < -0.4 is 11.1 Å². The van der Waals surface area contributed by atoms with Crippen LogP contribution in [0.2, 0.25) is 0 Å². The summed E-state index contributed by atoms with van der Waals surface area (Å²) < 4.78 is 1.71. The van der Waals surface area contributed by atoms with Gasteiger partial charge in [0.15, 0.2) is 0 Å². The third-order valence-corrected chi connectivity index (χ3v) is 2.79. The van der Waals surface area contributed by atoms with Gasteiger partial charge < -0.3 is 15.6 Å². The van der Waals surface area contributed by atoms with E-state index >= 15 is 0 Å². The zero-order valence-corrected chi connectivity index (χ0v) is 10.4. The molecule has 0 saturated carbocycles. The highest BCUT2D eigenvalue weighted by Gasteiger charge is 2.14. The quantitative estimate of drug-likeness (QED) is 0.859. The standard InChI is InChI=1S/C13H16N4O/c1-9(10-4-3-5-15-7-10)16-13(18)12-6-11(14)8-17(12)2/h3-9H,14H2,1-2H3,(H,16,18). The molecule has 18 heavy (non-hydrogen) atoms. The summed E-state index contributed by atoms with van der Waals surface area (Å²) >= 11 is 0. The maximum absolute atomic E-state index is 12.1. The van der Waals surface area contributed by atoms with Crippen molar-refractivity contribution in [1.82, 2.24) is 14.9 Å². The first-order valence-electron chi connectivity index (χ1n) is 5.70. The molecule has 1 atom stereocenters. The number of anilines is 1. The molecule has 2 aromatic rings. The molecular weight excluding hydrogens is 228 g/mol. The monoisotopic (exact) mass is 244 g/mol. The molecule has 1 amide bonds. The normalized spacial score (nSPS) is 12.1. The first-order valence-corrected chi connectivity index (χ1v) is 5.70. The SMILES string of the molecule is CC(NC(=O)c1cc(N)cn1C)c1cccnc1. The number of nitrogens with one attached hydrogen (secondary N) is 1. The van der Waals surface area contributed by atoms with E-state index in [1.54, 1.807) is 36.3 Å². The van der Waals surface area contributed by atoms with Crippen LogP contribution in [0.5, 0.6) is 0 Å². The van der Waals surface area contributed by atoms with Gasteiger partial charge in [-0.2, -0.15) is 0 Å². The van der Waals surface area contributed by atoms with Crippen LogP contribution in [0.3, 0.4) is 0 Å². The predicted octanol–water partition coefficient (Wildman–Crippen LogP) is 1.49. The fourth-order valence-corrected chi connectivity index (χ4v) is 1.80. The highest BCUT2D eigenvalue weighted by molar-refractivity contribution is 5.94. The van der Waals surface area contributed by atoms with Crippen molar-refractivity contribution >= 4 is 11.6 Å². The highest BCUT2D eigenvalue weighted by Crippen LogP contribution is 2.13. The fourth-order valence-electron chi connectivity index (χ4n) is 1.80. The molecule has 5 heteroatoms. The van der Waals surface area contributed by atoms with Gasteiger partial charge in [0.25, 0.3) is 5.91 Å². The van der Waals surface area contributed by atoms with Crippen molar-refractivity contribution in [2.75, 3.05) is 5.73 Å². The number of pyridine rings is 1. The van der Waals surface area contributed by atoms with Crippen LogP contribution >= 0.6 is 0 Å². The van der Waals surface area contributed by atoms with Crippen molar-refractivity contribution in [3.05, 3.63) is 48.0 Å². The molecule has 0 saturated heterocycles. The molecule has 94 valence electrons. The minimum atomic E-state index is -0.148. The zero-order chi connectivity index (χ0) is 13.1. The second kappa shape index (κ2) is 4.91. The molecule has 2 aromatic heterocycles. The second-order valence-electron chi connectivity index (χ2n) is 4.25. The van der Waals surface area contributed by atoms with Crippen molar-refractivity contribution in [2.24, 2.45) is 7.05 Å². The largest absolute Gasteiger partial charge is 0.397 e. The van der Waals surface area contributed by atoms with Crippen molar-refractivity contribution in [3.63, 3.8) is 0 Å². The van der Waals surface area contributed by atoms with E-state index in [0.29, 0.717) is 11.4 Å². The van der Waals surface area contributed by atoms with Gasteiger partial charge in [-0.15, -0.1) is 0 Å². The number of hydrogen-bond acceptors (Lipinski definition) is 3. The first kappa shape index (κ1) is 12.2. The Morgan fingerprint density at radius 2 is 2.33 bits per heavy atom. The number of aromatic nitrogens is 2. The Morgan fingerprint density at radius 1 is 1.56 bits per heavy atom. The van der Waals surface area contributed by atoms with Gasteiger partial charge in [-0.3, -0.25) is 9.78 Å². The molecule has 2 heterocycles. The number of hydrogen-bond donors (Lipinski definition) is 2. The van der Waals surface area contributed by atoms with Crippen LogP contribution in [0.15, 0.2) is 36.8 Å². The van der Waals surface area contributed by atoms with Gasteiger partial charge in [-0.25, -0.2) is 0 Å². The average Bonchev–Trinajstić information content (AvgIpc) is 2.69. The van der Waals surface area contributed by atoms with Crippen molar-refractivity contribution in [3.8, 4) is 0 Å². The molecule has 0 aliphatic rings. The van der Waals surface area contributed by atoms with E-state index in [1.165, 1.54) is 0 Å². The minimum Gasteiger partial charge on any atom is -0.397 e. The Balaban J connectivity index is 2.10. The Kier molecular flexibility index (Phi) is 3.32. The lowest BCUT2D eigenvalue weighted by Crippen LogP contribution is -2.28. The Labute approximate surface area is 106 Å². The van der Waals surface area contributed by atoms with Crippen LogP contribution in [0, 0.1) is 0 Å². The second-order valence-corrected chi connectivity index (χ2v) is 4.25. The number of carbonyl (C=O) groups is 1.